The predicted molar refractivity (Wildman–Crippen MR) is 102 cm³/mol. The lowest BCUT2D eigenvalue weighted by atomic mass is 9.91. The fourth-order valence-electron chi connectivity index (χ4n) is 3.63. The molecule has 2 heterocycles. The van der Waals surface area contributed by atoms with Crippen LogP contribution < -0.4 is 16.4 Å². The minimum Gasteiger partial charge on any atom is -0.363 e. The van der Waals surface area contributed by atoms with Crippen LogP contribution in [0, 0.1) is 17.7 Å². The highest BCUT2D eigenvalue weighted by Crippen LogP contribution is 2.28. The van der Waals surface area contributed by atoms with Crippen LogP contribution in [0.5, 0.6) is 0 Å². The minimum absolute atomic E-state index is 0.0289. The smallest absolute Gasteiger partial charge is 0.254 e. The van der Waals surface area contributed by atoms with E-state index in [1.807, 2.05) is 30.3 Å². The number of aromatic nitrogens is 1. The Balaban J connectivity index is 1.73. The molecule has 138 valence electrons. The number of nitrogens with zero attached hydrogens (tertiary/aromatic N) is 1. The molecule has 0 radical (unpaired) electrons. The highest BCUT2D eigenvalue weighted by atomic mass is 19.1. The summed E-state index contributed by atoms with van der Waals surface area (Å²) in [7, 11) is 0. The molecule has 2 aliphatic rings. The zero-order chi connectivity index (χ0) is 18.8. The molecule has 4 N–H and O–H groups in total. The van der Waals surface area contributed by atoms with Crippen molar-refractivity contribution in [2.75, 3.05) is 5.32 Å². The van der Waals surface area contributed by atoms with Crippen LogP contribution in [0.15, 0.2) is 30.3 Å². The van der Waals surface area contributed by atoms with Gasteiger partial charge in [0.15, 0.2) is 11.6 Å². The molecule has 0 unspecified atom stereocenters. The molecule has 0 spiro atoms. The molecule has 27 heavy (non-hydrogen) atoms. The maximum atomic E-state index is 15.0. The number of hydrogen-bond donors (Lipinski definition) is 3. The molecule has 1 fully saturated rings. The Bertz CT molecular complexity index is 933. The van der Waals surface area contributed by atoms with Crippen LogP contribution in [0.25, 0.3) is 0 Å². The molecule has 2 atom stereocenters. The van der Waals surface area contributed by atoms with Gasteiger partial charge >= 0.3 is 0 Å². The van der Waals surface area contributed by atoms with E-state index in [9.17, 15) is 9.18 Å². The monoisotopic (exact) mass is 364 g/mol. The molecule has 4 rings (SSSR count). The third kappa shape index (κ3) is 3.51. The number of nitrogens with one attached hydrogen (secondary N) is 2. The van der Waals surface area contributed by atoms with E-state index in [2.05, 4.69) is 27.5 Å². The van der Waals surface area contributed by atoms with Crippen molar-refractivity contribution in [2.24, 2.45) is 5.73 Å². The topological polar surface area (TPSA) is 80.0 Å². The molecule has 1 aliphatic heterocycles. The van der Waals surface area contributed by atoms with Crippen molar-refractivity contribution in [2.45, 2.75) is 44.3 Å². The summed E-state index contributed by atoms with van der Waals surface area (Å²) in [5, 5.41) is 5.83. The normalized spacial score (nSPS) is 21.0. The molecule has 1 saturated carbocycles. The fourth-order valence-corrected chi connectivity index (χ4v) is 3.63. The van der Waals surface area contributed by atoms with Crippen LogP contribution in [0.4, 0.5) is 10.2 Å². The third-order valence-corrected chi connectivity index (χ3v) is 5.13. The zero-order valence-electron chi connectivity index (χ0n) is 14.9. The number of carbonyl (C=O) groups is 1. The maximum Gasteiger partial charge on any atom is 0.254 e. The maximum absolute atomic E-state index is 15.0. The number of hydrogen-bond acceptors (Lipinski definition) is 4. The Morgan fingerprint density at radius 3 is 2.74 bits per heavy atom. The van der Waals surface area contributed by atoms with Gasteiger partial charge < -0.3 is 16.4 Å². The van der Waals surface area contributed by atoms with Crippen molar-refractivity contribution >= 4 is 11.7 Å². The van der Waals surface area contributed by atoms with Gasteiger partial charge in [0.25, 0.3) is 5.91 Å². The summed E-state index contributed by atoms with van der Waals surface area (Å²) in [6.07, 6.45) is 3.93. The van der Waals surface area contributed by atoms with Crippen molar-refractivity contribution in [3.8, 4) is 11.8 Å². The molecule has 1 aromatic carbocycles. The predicted octanol–water partition coefficient (Wildman–Crippen LogP) is 2.55. The molecule has 0 saturated heterocycles. The van der Waals surface area contributed by atoms with Crippen LogP contribution in [0.1, 0.15) is 52.9 Å². The van der Waals surface area contributed by atoms with Crippen LogP contribution in [-0.4, -0.2) is 23.0 Å². The molecule has 1 aliphatic carbocycles. The largest absolute Gasteiger partial charge is 0.363 e. The number of carbonyl (C=O) groups excluding carboxylic acids is 1. The summed E-state index contributed by atoms with van der Waals surface area (Å²) in [6.45, 7) is 0.147. The summed E-state index contributed by atoms with van der Waals surface area (Å²) in [6, 6.07) is 9.36. The number of benzene rings is 1. The number of halogens is 1. The first-order valence-electron chi connectivity index (χ1n) is 9.23. The SMILES string of the molecule is N[C@H]1CCCC[C@H]1Nc1nc(C#Cc2ccccc2)c2c(c1F)CNC2=O. The highest BCUT2D eigenvalue weighted by molar-refractivity contribution is 6.00. The molecule has 6 heteroatoms. The van der Waals surface area contributed by atoms with Crippen molar-refractivity contribution in [3.05, 3.63) is 58.5 Å². The van der Waals surface area contributed by atoms with E-state index in [4.69, 9.17) is 5.73 Å². The van der Waals surface area contributed by atoms with Crippen LogP contribution in [-0.2, 0) is 6.54 Å². The lowest BCUT2D eigenvalue weighted by molar-refractivity contribution is 0.0965. The number of pyridine rings is 1. The van der Waals surface area contributed by atoms with E-state index >= 15 is 0 Å². The molecule has 1 amide bonds. The summed E-state index contributed by atoms with van der Waals surface area (Å²) in [5.41, 5.74) is 7.82. The van der Waals surface area contributed by atoms with E-state index in [0.717, 1.165) is 31.2 Å². The summed E-state index contributed by atoms with van der Waals surface area (Å²) in [4.78, 5) is 16.5. The number of rotatable bonds is 2. The first kappa shape index (κ1) is 17.5. The zero-order valence-corrected chi connectivity index (χ0v) is 14.9. The fraction of sp³-hybridized carbons (Fsp3) is 0.333. The molecule has 2 aromatic rings. The summed E-state index contributed by atoms with van der Waals surface area (Å²) >= 11 is 0. The van der Waals surface area contributed by atoms with Crippen LogP contribution in [0.2, 0.25) is 0 Å². The Morgan fingerprint density at radius 1 is 1.19 bits per heavy atom. The molecule has 5 nitrogen and oxygen atoms in total. The van der Waals surface area contributed by atoms with E-state index < -0.39 is 5.82 Å². The number of nitrogens with two attached hydrogens (primary N) is 1. The lowest BCUT2D eigenvalue weighted by Gasteiger charge is -2.30. The Labute approximate surface area is 157 Å². The Hall–Kier alpha value is -2.91. The quantitative estimate of drug-likeness (QED) is 0.716. The van der Waals surface area contributed by atoms with Gasteiger partial charge in [-0.05, 0) is 30.9 Å². The van der Waals surface area contributed by atoms with Crippen molar-refractivity contribution in [3.63, 3.8) is 0 Å². The van der Waals surface area contributed by atoms with E-state index in [-0.39, 0.29) is 41.6 Å². The molecular formula is C21H21FN4O. The Kier molecular flexibility index (Phi) is 4.78. The lowest BCUT2D eigenvalue weighted by Crippen LogP contribution is -2.43. The van der Waals surface area contributed by atoms with E-state index in [1.165, 1.54) is 0 Å². The third-order valence-electron chi connectivity index (χ3n) is 5.13. The van der Waals surface area contributed by atoms with Crippen molar-refractivity contribution in [1.29, 1.82) is 0 Å². The van der Waals surface area contributed by atoms with Crippen LogP contribution >= 0.6 is 0 Å². The first-order chi connectivity index (χ1) is 13.1. The van der Waals surface area contributed by atoms with E-state index in [0.29, 0.717) is 5.56 Å². The van der Waals surface area contributed by atoms with Crippen molar-refractivity contribution < 1.29 is 9.18 Å². The van der Waals surface area contributed by atoms with Gasteiger partial charge in [0, 0.05) is 29.8 Å². The van der Waals surface area contributed by atoms with Gasteiger partial charge in [-0.2, -0.15) is 0 Å². The van der Waals surface area contributed by atoms with Gasteiger partial charge in [0.1, 0.15) is 5.69 Å². The molecule has 1 aromatic heterocycles. The van der Waals surface area contributed by atoms with Gasteiger partial charge in [0.05, 0.1) is 5.56 Å². The summed E-state index contributed by atoms with van der Waals surface area (Å²) < 4.78 is 15.0. The molecular weight excluding hydrogens is 343 g/mol. The van der Waals surface area contributed by atoms with Gasteiger partial charge in [-0.1, -0.05) is 37.0 Å². The highest BCUT2D eigenvalue weighted by Gasteiger charge is 2.31. The number of amides is 1. The van der Waals surface area contributed by atoms with Gasteiger partial charge in [-0.3, -0.25) is 4.79 Å². The average Bonchev–Trinajstić information content (AvgIpc) is 3.08. The summed E-state index contributed by atoms with van der Waals surface area (Å²) in [5.74, 6) is 5.25. The first-order valence-corrected chi connectivity index (χ1v) is 9.23. The molecule has 0 bridgehead atoms. The second kappa shape index (κ2) is 7.37. The average molecular weight is 364 g/mol. The van der Waals surface area contributed by atoms with Crippen LogP contribution in [0.3, 0.4) is 0 Å². The number of fused-ring (bicyclic) bond motifs is 1. The van der Waals surface area contributed by atoms with Gasteiger partial charge in [-0.25, -0.2) is 9.37 Å². The van der Waals surface area contributed by atoms with Crippen molar-refractivity contribution in [1.82, 2.24) is 10.3 Å². The van der Waals surface area contributed by atoms with Gasteiger partial charge in [0.2, 0.25) is 0 Å². The second-order valence-electron chi connectivity index (χ2n) is 6.97. The second-order valence-corrected chi connectivity index (χ2v) is 6.97. The number of anilines is 1. The minimum atomic E-state index is -0.494. The van der Waals surface area contributed by atoms with Gasteiger partial charge in [-0.15, -0.1) is 0 Å². The van der Waals surface area contributed by atoms with E-state index in [1.54, 1.807) is 0 Å². The Morgan fingerprint density at radius 2 is 1.96 bits per heavy atom. The standard InChI is InChI=1S/C21H21FN4O/c22-19-14-12-24-21(27)18(14)17(11-10-13-6-2-1-3-7-13)26-20(19)25-16-9-5-4-8-15(16)23/h1-3,6-7,15-16H,4-5,8-9,12,23H2,(H,24,27)(H,25,26)/t15-,16+/m0/s1.